The Bertz CT molecular complexity index is 459. The van der Waals surface area contributed by atoms with E-state index in [1.165, 1.54) is 0 Å². The molecule has 1 heterocycles. The fraction of sp³-hybridized carbons (Fsp3) is 0.647. The van der Waals surface area contributed by atoms with Crippen LogP contribution in [0.2, 0.25) is 0 Å². The minimum Gasteiger partial charge on any atom is -0.384 e. The van der Waals surface area contributed by atoms with Crippen molar-refractivity contribution < 1.29 is 4.79 Å². The smallest absolute Gasteiger partial charge is 0.257 e. The van der Waals surface area contributed by atoms with E-state index in [0.717, 1.165) is 43.9 Å². The minimum absolute atomic E-state index is 0.0731. The molecular weight excluding hydrogens is 262 g/mol. The lowest BCUT2D eigenvalue weighted by atomic mass is 10.1. The van der Waals surface area contributed by atoms with Crippen molar-refractivity contribution in [1.82, 2.24) is 9.88 Å². The molecule has 4 heteroatoms. The first kappa shape index (κ1) is 17.5. The quantitative estimate of drug-likeness (QED) is 0.794. The lowest BCUT2D eigenvalue weighted by molar-refractivity contribution is 0.0741. The van der Waals surface area contributed by atoms with Crippen molar-refractivity contribution in [2.45, 2.75) is 47.5 Å². The van der Waals surface area contributed by atoms with Gasteiger partial charge in [0.2, 0.25) is 0 Å². The molecule has 1 aromatic rings. The SMILES string of the molecule is CCCNc1cc(C)ncc1C(=O)N(CC)CC(C)CC. The summed E-state index contributed by atoms with van der Waals surface area (Å²) in [6.07, 6.45) is 3.81. The number of hydrogen-bond donors (Lipinski definition) is 1. The Morgan fingerprint density at radius 1 is 1.38 bits per heavy atom. The van der Waals surface area contributed by atoms with Gasteiger partial charge in [-0.05, 0) is 32.3 Å². The van der Waals surface area contributed by atoms with E-state index in [2.05, 4.69) is 31.1 Å². The lowest BCUT2D eigenvalue weighted by Gasteiger charge is -2.25. The molecule has 1 atom stereocenters. The van der Waals surface area contributed by atoms with Crippen molar-refractivity contribution in [3.8, 4) is 0 Å². The zero-order chi connectivity index (χ0) is 15.8. The highest BCUT2D eigenvalue weighted by molar-refractivity contribution is 5.99. The van der Waals surface area contributed by atoms with Crippen LogP contribution < -0.4 is 5.32 Å². The molecule has 1 N–H and O–H groups in total. The molecule has 0 aromatic carbocycles. The van der Waals surface area contributed by atoms with E-state index in [1.807, 2.05) is 24.8 Å². The van der Waals surface area contributed by atoms with Crippen molar-refractivity contribution in [3.05, 3.63) is 23.5 Å². The molecule has 1 rings (SSSR count). The Kier molecular flexibility index (Phi) is 7.20. The molecule has 1 unspecified atom stereocenters. The van der Waals surface area contributed by atoms with Crippen molar-refractivity contribution in [1.29, 1.82) is 0 Å². The molecule has 4 nitrogen and oxygen atoms in total. The molecule has 0 bridgehead atoms. The number of nitrogens with one attached hydrogen (secondary N) is 1. The van der Waals surface area contributed by atoms with Gasteiger partial charge < -0.3 is 10.2 Å². The van der Waals surface area contributed by atoms with Gasteiger partial charge >= 0.3 is 0 Å². The van der Waals surface area contributed by atoms with Gasteiger partial charge in [-0.3, -0.25) is 9.78 Å². The van der Waals surface area contributed by atoms with Crippen molar-refractivity contribution in [3.63, 3.8) is 0 Å². The second kappa shape index (κ2) is 8.65. The molecule has 1 aromatic heterocycles. The van der Waals surface area contributed by atoms with Crippen LogP contribution in [0.5, 0.6) is 0 Å². The average Bonchev–Trinajstić information content (AvgIpc) is 2.49. The first-order valence-electron chi connectivity index (χ1n) is 8.03. The molecule has 0 aliphatic heterocycles. The lowest BCUT2D eigenvalue weighted by Crippen LogP contribution is -2.35. The van der Waals surface area contributed by atoms with E-state index >= 15 is 0 Å². The molecule has 0 spiro atoms. The highest BCUT2D eigenvalue weighted by Gasteiger charge is 2.19. The summed E-state index contributed by atoms with van der Waals surface area (Å²) < 4.78 is 0. The molecule has 0 saturated heterocycles. The fourth-order valence-corrected chi connectivity index (χ4v) is 2.17. The standard InChI is InChI=1S/C17H29N3O/c1-6-9-18-16-10-14(5)19-11-15(16)17(21)20(8-3)12-13(4)7-2/h10-11,13H,6-9,12H2,1-5H3,(H,18,19). The van der Waals surface area contributed by atoms with Gasteiger partial charge in [-0.25, -0.2) is 0 Å². The van der Waals surface area contributed by atoms with Crippen molar-refractivity contribution in [2.75, 3.05) is 25.0 Å². The van der Waals surface area contributed by atoms with E-state index in [-0.39, 0.29) is 5.91 Å². The third-order valence-electron chi connectivity index (χ3n) is 3.73. The number of amides is 1. The summed E-state index contributed by atoms with van der Waals surface area (Å²) in [7, 11) is 0. The maximum atomic E-state index is 12.8. The van der Waals surface area contributed by atoms with Gasteiger partial charge in [0.25, 0.3) is 5.91 Å². The van der Waals surface area contributed by atoms with Crippen LogP contribution in [0, 0.1) is 12.8 Å². The van der Waals surface area contributed by atoms with Crippen LogP contribution in [0.1, 0.15) is 56.6 Å². The van der Waals surface area contributed by atoms with Gasteiger partial charge in [-0.15, -0.1) is 0 Å². The Balaban J connectivity index is 2.98. The summed E-state index contributed by atoms with van der Waals surface area (Å²) in [4.78, 5) is 19.0. The Morgan fingerprint density at radius 3 is 2.67 bits per heavy atom. The molecule has 0 fully saturated rings. The Labute approximate surface area is 129 Å². The molecule has 0 aliphatic rings. The summed E-state index contributed by atoms with van der Waals surface area (Å²) in [6, 6.07) is 1.96. The largest absolute Gasteiger partial charge is 0.384 e. The predicted octanol–water partition coefficient (Wildman–Crippen LogP) is 3.72. The van der Waals surface area contributed by atoms with Crippen LogP contribution >= 0.6 is 0 Å². The Morgan fingerprint density at radius 2 is 2.10 bits per heavy atom. The molecule has 1 amide bonds. The van der Waals surface area contributed by atoms with Crippen LogP contribution in [0.3, 0.4) is 0 Å². The highest BCUT2D eigenvalue weighted by Crippen LogP contribution is 2.19. The topological polar surface area (TPSA) is 45.2 Å². The van der Waals surface area contributed by atoms with Crippen LogP contribution in [-0.4, -0.2) is 35.4 Å². The molecule has 0 radical (unpaired) electrons. The second-order valence-electron chi connectivity index (χ2n) is 5.66. The monoisotopic (exact) mass is 291 g/mol. The fourth-order valence-electron chi connectivity index (χ4n) is 2.17. The normalized spacial score (nSPS) is 12.0. The van der Waals surface area contributed by atoms with Gasteiger partial charge in [0.05, 0.1) is 11.3 Å². The maximum absolute atomic E-state index is 12.8. The van der Waals surface area contributed by atoms with Crippen LogP contribution in [0.25, 0.3) is 0 Å². The van der Waals surface area contributed by atoms with Gasteiger partial charge in [0, 0.05) is 31.5 Å². The number of pyridine rings is 1. The first-order valence-corrected chi connectivity index (χ1v) is 8.03. The third kappa shape index (κ3) is 5.03. The van der Waals surface area contributed by atoms with Gasteiger partial charge in [0.1, 0.15) is 0 Å². The number of hydrogen-bond acceptors (Lipinski definition) is 3. The number of carbonyl (C=O) groups is 1. The first-order chi connectivity index (χ1) is 10.0. The van der Waals surface area contributed by atoms with Gasteiger partial charge in [-0.2, -0.15) is 0 Å². The van der Waals surface area contributed by atoms with E-state index < -0.39 is 0 Å². The Hall–Kier alpha value is -1.58. The number of carbonyl (C=O) groups excluding carboxylic acids is 1. The third-order valence-corrected chi connectivity index (χ3v) is 3.73. The average molecular weight is 291 g/mol. The zero-order valence-electron chi connectivity index (χ0n) is 14.1. The number of nitrogens with zero attached hydrogens (tertiary/aromatic N) is 2. The zero-order valence-corrected chi connectivity index (χ0v) is 14.1. The molecule has 0 aliphatic carbocycles. The molecule has 0 saturated carbocycles. The van der Waals surface area contributed by atoms with E-state index in [9.17, 15) is 4.79 Å². The number of aromatic nitrogens is 1. The summed E-state index contributed by atoms with van der Waals surface area (Å²) in [5, 5.41) is 3.34. The highest BCUT2D eigenvalue weighted by atomic mass is 16.2. The maximum Gasteiger partial charge on any atom is 0.257 e. The van der Waals surface area contributed by atoms with E-state index in [0.29, 0.717) is 11.5 Å². The van der Waals surface area contributed by atoms with Crippen molar-refractivity contribution >= 4 is 11.6 Å². The summed E-state index contributed by atoms with van der Waals surface area (Å²) in [5.41, 5.74) is 2.51. The summed E-state index contributed by atoms with van der Waals surface area (Å²) >= 11 is 0. The summed E-state index contributed by atoms with van der Waals surface area (Å²) in [6.45, 7) is 12.8. The van der Waals surface area contributed by atoms with Crippen LogP contribution in [0.4, 0.5) is 5.69 Å². The molecule has 21 heavy (non-hydrogen) atoms. The molecular formula is C17H29N3O. The minimum atomic E-state index is 0.0731. The van der Waals surface area contributed by atoms with Crippen molar-refractivity contribution in [2.24, 2.45) is 5.92 Å². The van der Waals surface area contributed by atoms with E-state index in [1.54, 1.807) is 6.20 Å². The van der Waals surface area contributed by atoms with E-state index in [4.69, 9.17) is 0 Å². The molecule has 118 valence electrons. The van der Waals surface area contributed by atoms with Crippen LogP contribution in [-0.2, 0) is 0 Å². The number of aryl methyl sites for hydroxylation is 1. The van der Waals surface area contributed by atoms with Gasteiger partial charge in [-0.1, -0.05) is 27.2 Å². The van der Waals surface area contributed by atoms with Crippen LogP contribution in [0.15, 0.2) is 12.3 Å². The number of anilines is 1. The van der Waals surface area contributed by atoms with Gasteiger partial charge in [0.15, 0.2) is 0 Å². The summed E-state index contributed by atoms with van der Waals surface area (Å²) in [5.74, 6) is 0.586. The number of rotatable bonds is 8. The predicted molar refractivity (Wildman–Crippen MR) is 88.8 cm³/mol. The second-order valence-corrected chi connectivity index (χ2v) is 5.66.